The lowest BCUT2D eigenvalue weighted by atomic mass is 9.94. The van der Waals surface area contributed by atoms with Crippen molar-refractivity contribution in [3.8, 4) is 0 Å². The fourth-order valence-corrected chi connectivity index (χ4v) is 2.64. The molecule has 0 aromatic heterocycles. The van der Waals surface area contributed by atoms with Gasteiger partial charge >= 0.3 is 0 Å². The zero-order valence-corrected chi connectivity index (χ0v) is 13.6. The Kier molecular flexibility index (Phi) is 5.56. The Morgan fingerprint density at radius 1 is 1.22 bits per heavy atom. The van der Waals surface area contributed by atoms with Gasteiger partial charge in [0.2, 0.25) is 0 Å². The van der Waals surface area contributed by atoms with Gasteiger partial charge in [0.1, 0.15) is 0 Å². The molecule has 1 aliphatic carbocycles. The molecule has 4 N–H and O–H groups in total. The van der Waals surface area contributed by atoms with E-state index in [9.17, 15) is 0 Å². The minimum Gasteiger partial charge on any atom is -0.398 e. The summed E-state index contributed by atoms with van der Waals surface area (Å²) in [6, 6.07) is 8.05. The molecule has 0 saturated carbocycles. The van der Waals surface area contributed by atoms with Crippen LogP contribution >= 0.6 is 0 Å². The van der Waals surface area contributed by atoms with E-state index >= 15 is 0 Å². The summed E-state index contributed by atoms with van der Waals surface area (Å²) in [5, 5.41) is 0. The molecule has 0 saturated heterocycles. The van der Waals surface area contributed by atoms with Crippen LogP contribution in [0.2, 0.25) is 0 Å². The quantitative estimate of drug-likeness (QED) is 0.628. The molecule has 0 aliphatic heterocycles. The standard InChI is InChI=1S/C21H24N2/c1-4-9-16(5-2)15(3)17-10-8-11-18(14-17)21(23)19-12-6-7-13-20(19)22/h4-8,10-14,20H,1-2,9,22-23H2,3H3/b16-15+,21-19-. The first-order chi connectivity index (χ1) is 11.1. The maximum absolute atomic E-state index is 6.36. The highest BCUT2D eigenvalue weighted by Crippen LogP contribution is 2.26. The van der Waals surface area contributed by atoms with Gasteiger partial charge in [0.25, 0.3) is 0 Å². The fourth-order valence-electron chi connectivity index (χ4n) is 2.64. The van der Waals surface area contributed by atoms with Gasteiger partial charge in [-0.2, -0.15) is 0 Å². The van der Waals surface area contributed by atoms with E-state index in [1.807, 2.05) is 48.6 Å². The summed E-state index contributed by atoms with van der Waals surface area (Å²) in [4.78, 5) is 0. The van der Waals surface area contributed by atoms with Crippen molar-refractivity contribution in [2.45, 2.75) is 19.4 Å². The summed E-state index contributed by atoms with van der Waals surface area (Å²) in [6.07, 6.45) is 12.4. The van der Waals surface area contributed by atoms with Crippen LogP contribution in [0.25, 0.3) is 11.3 Å². The van der Waals surface area contributed by atoms with E-state index < -0.39 is 0 Å². The maximum Gasteiger partial charge on any atom is 0.0504 e. The molecule has 1 aromatic carbocycles. The molecule has 2 rings (SSSR count). The van der Waals surface area contributed by atoms with E-state index in [0.717, 1.165) is 28.8 Å². The van der Waals surface area contributed by atoms with Crippen LogP contribution in [0.4, 0.5) is 0 Å². The fraction of sp³-hybridized carbons (Fsp3) is 0.143. The van der Waals surface area contributed by atoms with Gasteiger partial charge in [0.05, 0.1) is 6.04 Å². The van der Waals surface area contributed by atoms with Gasteiger partial charge in [-0.25, -0.2) is 0 Å². The summed E-state index contributed by atoms with van der Waals surface area (Å²) in [5.74, 6) is 0. The van der Waals surface area contributed by atoms with Crippen LogP contribution in [-0.2, 0) is 0 Å². The molecule has 1 unspecified atom stereocenters. The number of allylic oxidation sites excluding steroid dienone is 6. The van der Waals surface area contributed by atoms with Crippen LogP contribution in [0.3, 0.4) is 0 Å². The van der Waals surface area contributed by atoms with Crippen molar-refractivity contribution >= 4 is 11.3 Å². The Labute approximate surface area is 138 Å². The molecule has 1 aromatic rings. The smallest absolute Gasteiger partial charge is 0.0504 e. The average molecular weight is 304 g/mol. The Morgan fingerprint density at radius 3 is 2.61 bits per heavy atom. The Morgan fingerprint density at radius 2 is 1.96 bits per heavy atom. The minimum atomic E-state index is -0.162. The second-order valence-corrected chi connectivity index (χ2v) is 5.57. The summed E-state index contributed by atoms with van der Waals surface area (Å²) in [6.45, 7) is 9.79. The van der Waals surface area contributed by atoms with Gasteiger partial charge in [-0.1, -0.05) is 61.2 Å². The third-order valence-electron chi connectivity index (χ3n) is 4.07. The van der Waals surface area contributed by atoms with E-state index in [2.05, 4.69) is 32.2 Å². The molecule has 2 heteroatoms. The minimum absolute atomic E-state index is 0.162. The SMILES string of the molecule is C=CC/C(C=C)=C(\C)c1cccc(/C(N)=C2\C=CC=CC2N)c1. The van der Waals surface area contributed by atoms with Crippen molar-refractivity contribution in [2.24, 2.45) is 11.5 Å². The molecule has 118 valence electrons. The second-order valence-electron chi connectivity index (χ2n) is 5.57. The summed E-state index contributed by atoms with van der Waals surface area (Å²) in [5.41, 5.74) is 18.6. The summed E-state index contributed by atoms with van der Waals surface area (Å²) >= 11 is 0. The first kappa shape index (κ1) is 16.8. The lowest BCUT2D eigenvalue weighted by Gasteiger charge is -2.16. The first-order valence-electron chi connectivity index (χ1n) is 7.72. The van der Waals surface area contributed by atoms with Crippen molar-refractivity contribution in [3.05, 3.63) is 96.2 Å². The molecule has 1 atom stereocenters. The maximum atomic E-state index is 6.36. The molecule has 0 fully saturated rings. The first-order valence-corrected chi connectivity index (χ1v) is 7.72. The third-order valence-corrected chi connectivity index (χ3v) is 4.07. The van der Waals surface area contributed by atoms with E-state index in [0.29, 0.717) is 0 Å². The Hall–Kier alpha value is -2.58. The van der Waals surface area contributed by atoms with E-state index in [4.69, 9.17) is 11.5 Å². The topological polar surface area (TPSA) is 52.0 Å². The lowest BCUT2D eigenvalue weighted by Crippen LogP contribution is -2.23. The van der Waals surface area contributed by atoms with Gasteiger partial charge in [0.15, 0.2) is 0 Å². The Balaban J connectivity index is 2.47. The molecule has 2 nitrogen and oxygen atoms in total. The van der Waals surface area contributed by atoms with Crippen molar-refractivity contribution < 1.29 is 0 Å². The van der Waals surface area contributed by atoms with Crippen molar-refractivity contribution in [3.63, 3.8) is 0 Å². The predicted molar refractivity (Wildman–Crippen MR) is 101 cm³/mol. The highest BCUT2D eigenvalue weighted by Gasteiger charge is 2.12. The average Bonchev–Trinajstić information content (AvgIpc) is 2.59. The van der Waals surface area contributed by atoms with Gasteiger partial charge in [0, 0.05) is 5.70 Å². The third kappa shape index (κ3) is 3.79. The number of benzene rings is 1. The normalized spacial score (nSPS) is 20.0. The second kappa shape index (κ2) is 7.61. The van der Waals surface area contributed by atoms with Crippen LogP contribution in [-0.4, -0.2) is 6.04 Å². The van der Waals surface area contributed by atoms with E-state index in [-0.39, 0.29) is 6.04 Å². The van der Waals surface area contributed by atoms with E-state index in [1.54, 1.807) is 0 Å². The van der Waals surface area contributed by atoms with Crippen LogP contribution in [0.1, 0.15) is 24.5 Å². The number of nitrogens with two attached hydrogens (primary N) is 2. The number of rotatable bonds is 5. The van der Waals surface area contributed by atoms with Crippen LogP contribution in [0.15, 0.2) is 85.0 Å². The lowest BCUT2D eigenvalue weighted by molar-refractivity contribution is 0.970. The van der Waals surface area contributed by atoms with Crippen molar-refractivity contribution in [1.82, 2.24) is 0 Å². The van der Waals surface area contributed by atoms with Crippen LogP contribution in [0, 0.1) is 0 Å². The summed E-state index contributed by atoms with van der Waals surface area (Å²) in [7, 11) is 0. The monoisotopic (exact) mass is 304 g/mol. The number of hydrogen-bond donors (Lipinski definition) is 2. The zero-order chi connectivity index (χ0) is 16.8. The van der Waals surface area contributed by atoms with Crippen molar-refractivity contribution in [1.29, 1.82) is 0 Å². The van der Waals surface area contributed by atoms with Crippen LogP contribution in [0.5, 0.6) is 0 Å². The molecular formula is C21H24N2. The number of hydrogen-bond acceptors (Lipinski definition) is 2. The zero-order valence-electron chi connectivity index (χ0n) is 13.6. The largest absolute Gasteiger partial charge is 0.398 e. The van der Waals surface area contributed by atoms with Gasteiger partial charge in [-0.15, -0.1) is 6.58 Å². The molecule has 0 amide bonds. The van der Waals surface area contributed by atoms with Gasteiger partial charge in [-0.3, -0.25) is 0 Å². The molecule has 1 aliphatic rings. The molecule has 0 radical (unpaired) electrons. The molecule has 0 spiro atoms. The Bertz CT molecular complexity index is 730. The molecule has 0 bridgehead atoms. The highest BCUT2D eigenvalue weighted by atomic mass is 14.7. The van der Waals surface area contributed by atoms with E-state index in [1.165, 1.54) is 11.1 Å². The summed E-state index contributed by atoms with van der Waals surface area (Å²) < 4.78 is 0. The molecule has 0 heterocycles. The van der Waals surface area contributed by atoms with Crippen molar-refractivity contribution in [2.75, 3.05) is 0 Å². The highest BCUT2D eigenvalue weighted by molar-refractivity contribution is 5.76. The molecule has 23 heavy (non-hydrogen) atoms. The predicted octanol–water partition coefficient (Wildman–Crippen LogP) is 4.35. The van der Waals surface area contributed by atoms with Crippen LogP contribution < -0.4 is 11.5 Å². The van der Waals surface area contributed by atoms with Gasteiger partial charge < -0.3 is 11.5 Å². The molecular weight excluding hydrogens is 280 g/mol. The van der Waals surface area contributed by atoms with Gasteiger partial charge in [-0.05, 0) is 47.3 Å².